The van der Waals surface area contributed by atoms with Crippen LogP contribution in [0.2, 0.25) is 0 Å². The van der Waals surface area contributed by atoms with Crippen LogP contribution in [-0.4, -0.2) is 31.1 Å². The van der Waals surface area contributed by atoms with E-state index in [0.717, 1.165) is 5.88 Å². The van der Waals surface area contributed by atoms with Crippen LogP contribution in [0.4, 0.5) is 0 Å². The van der Waals surface area contributed by atoms with E-state index in [1.165, 1.54) is 15.9 Å². The minimum Gasteiger partial charge on any atom is -0.474 e. The Morgan fingerprint density at radius 3 is 1.41 bits per heavy atom. The molecule has 27 heavy (non-hydrogen) atoms. The van der Waals surface area contributed by atoms with Crippen molar-refractivity contribution in [1.82, 2.24) is 4.90 Å². The number of nitrogens with zero attached hydrogens (tertiary/aromatic N) is 1. The van der Waals surface area contributed by atoms with Crippen LogP contribution in [0.5, 0.6) is 0 Å². The molecule has 0 saturated heterocycles. The first-order valence-electron chi connectivity index (χ1n) is 9.19. The van der Waals surface area contributed by atoms with Crippen molar-refractivity contribution in [3.8, 4) is 0 Å². The van der Waals surface area contributed by atoms with Gasteiger partial charge >= 0.3 is 0 Å². The van der Waals surface area contributed by atoms with E-state index in [1.54, 1.807) is 0 Å². The molecule has 0 heterocycles. The van der Waals surface area contributed by atoms with Crippen molar-refractivity contribution in [2.24, 2.45) is 0 Å². The molecule has 0 fully saturated rings. The molecule has 0 unspecified atom stereocenters. The average Bonchev–Trinajstić information content (AvgIpc) is 2.73. The normalized spacial score (nSPS) is 10.8. The van der Waals surface area contributed by atoms with Crippen molar-refractivity contribution in [1.29, 1.82) is 0 Å². The van der Waals surface area contributed by atoms with Crippen LogP contribution in [0, 0.1) is 0 Å². The van der Waals surface area contributed by atoms with Crippen molar-refractivity contribution in [2.75, 3.05) is 20.7 Å². The van der Waals surface area contributed by atoms with Crippen LogP contribution in [-0.2, 0) is 4.74 Å². The van der Waals surface area contributed by atoms with Crippen molar-refractivity contribution in [2.45, 2.75) is 6.92 Å². The summed E-state index contributed by atoms with van der Waals surface area (Å²) >= 11 is 0. The molecule has 0 N–H and O–H groups in total. The van der Waals surface area contributed by atoms with Crippen molar-refractivity contribution < 1.29 is 4.74 Å². The van der Waals surface area contributed by atoms with E-state index in [2.05, 4.69) is 96.4 Å². The number of hydrogen-bond donors (Lipinski definition) is 0. The molecule has 3 heteroatoms. The molecule has 0 aliphatic rings. The van der Waals surface area contributed by atoms with Crippen LogP contribution in [0.25, 0.3) is 0 Å². The summed E-state index contributed by atoms with van der Waals surface area (Å²) in [6, 6.07) is 32.1. The van der Waals surface area contributed by atoms with Gasteiger partial charge in [-0.25, -0.2) is 0 Å². The van der Waals surface area contributed by atoms with E-state index in [-0.39, 0.29) is 0 Å². The summed E-state index contributed by atoms with van der Waals surface area (Å²) in [5.41, 5.74) is 3.85. The number of rotatable bonds is 6. The molecule has 0 aliphatic heterocycles. The van der Waals surface area contributed by atoms with Gasteiger partial charge in [0.05, 0.1) is 6.61 Å². The highest BCUT2D eigenvalue weighted by molar-refractivity contribution is 7.94. The first-order chi connectivity index (χ1) is 13.2. The summed E-state index contributed by atoms with van der Waals surface area (Å²) in [5.74, 6) is 0.780. The largest absolute Gasteiger partial charge is 0.474 e. The molecule has 2 nitrogen and oxygen atoms in total. The Labute approximate surface area is 162 Å². The molecule has 3 aromatic carbocycles. The summed E-state index contributed by atoms with van der Waals surface area (Å²) < 4.78 is 5.98. The van der Waals surface area contributed by atoms with Crippen LogP contribution >= 0.6 is 6.89 Å². The third kappa shape index (κ3) is 4.03. The first kappa shape index (κ1) is 19.1. The minimum absolute atomic E-state index is 0.610. The molecule has 0 radical (unpaired) electrons. The Morgan fingerprint density at radius 2 is 1.11 bits per heavy atom. The van der Waals surface area contributed by atoms with Gasteiger partial charge in [-0.15, -0.1) is 0 Å². The van der Waals surface area contributed by atoms with Crippen LogP contribution in [0.15, 0.2) is 96.9 Å². The van der Waals surface area contributed by atoms with Gasteiger partial charge in [0.15, 0.2) is 0 Å². The zero-order chi connectivity index (χ0) is 19.1. The molecule has 0 amide bonds. The lowest BCUT2D eigenvalue weighted by Crippen LogP contribution is -2.27. The fraction of sp³-hybridized carbons (Fsp3) is 0.167. The van der Waals surface area contributed by atoms with Gasteiger partial charge in [-0.05, 0) is 28.3 Å². The molecular weight excluding hydrogens is 349 g/mol. The maximum atomic E-state index is 5.98. The minimum atomic E-state index is -2.15. The lowest BCUT2D eigenvalue weighted by atomic mass is 10.4. The van der Waals surface area contributed by atoms with Gasteiger partial charge in [-0.2, -0.15) is 0 Å². The monoisotopic (exact) mass is 375 g/mol. The Hall–Kier alpha value is -2.66. The Kier molecular flexibility index (Phi) is 6.24. The molecule has 0 aromatic heterocycles. The highest BCUT2D eigenvalue weighted by Gasteiger charge is 2.25. The molecule has 138 valence electrons. The number of hydrogen-bond acceptors (Lipinski definition) is 2. The zero-order valence-electron chi connectivity index (χ0n) is 16.2. The second-order valence-corrected chi connectivity index (χ2v) is 9.54. The van der Waals surface area contributed by atoms with Crippen molar-refractivity contribution in [3.63, 3.8) is 0 Å². The Bertz CT molecular complexity index is 840. The van der Waals surface area contributed by atoms with Gasteiger partial charge in [0.2, 0.25) is 5.88 Å². The van der Waals surface area contributed by atoms with E-state index < -0.39 is 6.89 Å². The molecule has 0 aliphatic carbocycles. The zero-order valence-corrected chi connectivity index (χ0v) is 17.1. The highest BCUT2D eigenvalue weighted by atomic mass is 31.2. The van der Waals surface area contributed by atoms with E-state index in [1.807, 2.05) is 25.9 Å². The molecule has 0 spiro atoms. The van der Waals surface area contributed by atoms with Gasteiger partial charge in [0.1, 0.15) is 0 Å². The lowest BCUT2D eigenvalue weighted by molar-refractivity contribution is 0.159. The fourth-order valence-electron chi connectivity index (χ4n) is 3.14. The summed E-state index contributed by atoms with van der Waals surface area (Å²) in [6.07, 6.45) is 0. The van der Waals surface area contributed by atoms with E-state index in [0.29, 0.717) is 6.61 Å². The Morgan fingerprint density at radius 1 is 0.741 bits per heavy atom. The maximum Gasteiger partial charge on any atom is 0.235 e. The van der Waals surface area contributed by atoms with Crippen LogP contribution in [0.3, 0.4) is 0 Å². The van der Waals surface area contributed by atoms with Gasteiger partial charge in [-0.3, -0.25) is 0 Å². The molecule has 3 rings (SSSR count). The van der Waals surface area contributed by atoms with E-state index in [4.69, 9.17) is 4.74 Å². The summed E-state index contributed by atoms with van der Waals surface area (Å²) in [6.45, 7) is 0.476. The quantitative estimate of drug-likeness (QED) is 0.480. The number of ether oxygens (including phenoxy) is 1. The van der Waals surface area contributed by atoms with Crippen LogP contribution in [0.1, 0.15) is 6.92 Å². The standard InChI is InChI=1S/C24H26NOP/c1-4-26-24(25(2)3)20-27(21-14-8-5-9-15-21,22-16-10-6-11-17-22)23-18-12-7-13-19-23/h5-19H,4H2,1-3H3. The van der Waals surface area contributed by atoms with E-state index in [9.17, 15) is 0 Å². The van der Waals surface area contributed by atoms with Crippen LogP contribution < -0.4 is 15.9 Å². The molecule has 3 aromatic rings. The summed E-state index contributed by atoms with van der Waals surface area (Å²) in [4.78, 5) is 2.01. The smallest absolute Gasteiger partial charge is 0.235 e. The SMILES string of the molecule is CCOC(=C=P(c1ccccc1)(c1ccccc1)c1ccccc1)N(C)C. The molecule has 0 atom stereocenters. The second kappa shape index (κ2) is 8.82. The molecule has 0 saturated carbocycles. The Balaban J connectivity index is 2.53. The summed E-state index contributed by atoms with van der Waals surface area (Å²) in [5, 5.41) is 3.80. The van der Waals surface area contributed by atoms with Crippen molar-refractivity contribution in [3.05, 3.63) is 96.9 Å². The third-order valence-corrected chi connectivity index (χ3v) is 8.13. The second-order valence-electron chi connectivity index (χ2n) is 6.42. The topological polar surface area (TPSA) is 12.5 Å². The lowest BCUT2D eigenvalue weighted by Gasteiger charge is -2.27. The van der Waals surface area contributed by atoms with Gasteiger partial charge < -0.3 is 9.64 Å². The molecular formula is C24H26NOP. The van der Waals surface area contributed by atoms with Gasteiger partial charge in [0.25, 0.3) is 0 Å². The van der Waals surface area contributed by atoms with Gasteiger partial charge in [-0.1, -0.05) is 91.0 Å². The first-order valence-corrected chi connectivity index (χ1v) is 11.0. The highest BCUT2D eigenvalue weighted by Crippen LogP contribution is 2.43. The molecule has 0 bridgehead atoms. The third-order valence-electron chi connectivity index (χ3n) is 4.38. The van der Waals surface area contributed by atoms with Crippen molar-refractivity contribution >= 4 is 28.3 Å². The maximum absolute atomic E-state index is 5.98. The predicted octanol–water partition coefficient (Wildman–Crippen LogP) is 3.82. The van der Waals surface area contributed by atoms with E-state index >= 15 is 0 Å². The summed E-state index contributed by atoms with van der Waals surface area (Å²) in [7, 11) is 4.02. The predicted molar refractivity (Wildman–Crippen MR) is 119 cm³/mol. The fourth-order valence-corrected chi connectivity index (χ4v) is 6.83. The average molecular weight is 375 g/mol. The number of benzene rings is 3. The van der Waals surface area contributed by atoms with Gasteiger partial charge in [0, 0.05) is 21.0 Å².